The van der Waals surface area contributed by atoms with Crippen molar-refractivity contribution >= 4 is 17.3 Å². The second-order valence-corrected chi connectivity index (χ2v) is 9.01. The van der Waals surface area contributed by atoms with Crippen molar-refractivity contribution in [1.82, 2.24) is 4.90 Å². The van der Waals surface area contributed by atoms with Crippen LogP contribution in [0.5, 0.6) is 5.75 Å². The third kappa shape index (κ3) is 5.02. The fraction of sp³-hybridized carbons (Fsp3) is 0.429. The second kappa shape index (κ2) is 10.9. The molecule has 0 saturated heterocycles. The lowest BCUT2D eigenvalue weighted by Crippen LogP contribution is -2.36. The van der Waals surface area contributed by atoms with Gasteiger partial charge in [0.1, 0.15) is 25.0 Å². The minimum absolute atomic E-state index is 0.236. The Morgan fingerprint density at radius 1 is 1.09 bits per heavy atom. The van der Waals surface area contributed by atoms with Gasteiger partial charge in [0.25, 0.3) is 0 Å². The van der Waals surface area contributed by atoms with Crippen molar-refractivity contribution in [2.45, 2.75) is 45.1 Å². The van der Waals surface area contributed by atoms with Gasteiger partial charge >= 0.3 is 5.97 Å². The summed E-state index contributed by atoms with van der Waals surface area (Å²) >= 11 is 0. The van der Waals surface area contributed by atoms with E-state index in [9.17, 15) is 10.0 Å². The molecule has 0 heterocycles. The van der Waals surface area contributed by atoms with E-state index in [-0.39, 0.29) is 6.61 Å². The van der Waals surface area contributed by atoms with Crippen LogP contribution in [0.25, 0.3) is 5.57 Å². The summed E-state index contributed by atoms with van der Waals surface area (Å²) in [4.78, 5) is 15.4. The van der Waals surface area contributed by atoms with Crippen LogP contribution in [0.4, 0.5) is 0 Å². The molecule has 34 heavy (non-hydrogen) atoms. The molecule has 6 heteroatoms. The van der Waals surface area contributed by atoms with Gasteiger partial charge in [0.15, 0.2) is 0 Å². The molecule has 4 rings (SSSR count). The Labute approximate surface area is 202 Å². The molecule has 6 nitrogen and oxygen atoms in total. The first-order chi connectivity index (χ1) is 16.5. The molecule has 0 spiro atoms. The van der Waals surface area contributed by atoms with E-state index in [1.807, 2.05) is 48.5 Å². The maximum absolute atomic E-state index is 13.0. The van der Waals surface area contributed by atoms with Gasteiger partial charge in [-0.05, 0) is 56.1 Å². The predicted octanol–water partition coefficient (Wildman–Crippen LogP) is 4.64. The highest BCUT2D eigenvalue weighted by molar-refractivity contribution is 6.35. The third-order valence-electron chi connectivity index (χ3n) is 6.77. The lowest BCUT2D eigenvalue weighted by Gasteiger charge is -2.31. The second-order valence-electron chi connectivity index (χ2n) is 9.01. The van der Waals surface area contributed by atoms with Gasteiger partial charge in [0.2, 0.25) is 5.71 Å². The average Bonchev–Trinajstić information content (AvgIpc) is 3.20. The number of carbonyl (C=O) groups excluding carboxylic acids is 1. The minimum atomic E-state index is -0.494. The lowest BCUT2D eigenvalue weighted by atomic mass is 9.94. The number of hydrogen-bond donors (Lipinski definition) is 0. The standard InChI is InChI=1S/C28H34N2O4/c1-4-33-28(31)26-25(20-11-7-5-8-12-20)23-16-15-22(19-24(23)27(26)30(3)32)34-18-17-29(2)21-13-9-6-10-14-21/h5,7-8,11-12,15-16,19,21H,4,6,9-10,13-14,17-18H2,1-3H3/b30-27+. The van der Waals surface area contributed by atoms with Crippen molar-refractivity contribution in [3.63, 3.8) is 0 Å². The lowest BCUT2D eigenvalue weighted by molar-refractivity contribution is -0.421. The molecular formula is C28H34N2O4. The summed E-state index contributed by atoms with van der Waals surface area (Å²) in [5.74, 6) is 0.194. The Hall–Kier alpha value is -3.12. The third-order valence-corrected chi connectivity index (χ3v) is 6.77. The fourth-order valence-corrected chi connectivity index (χ4v) is 5.06. The minimum Gasteiger partial charge on any atom is -0.624 e. The van der Waals surface area contributed by atoms with E-state index in [0.29, 0.717) is 35.2 Å². The van der Waals surface area contributed by atoms with Crippen molar-refractivity contribution in [1.29, 1.82) is 0 Å². The smallest absolute Gasteiger partial charge is 0.345 e. The number of nitrogens with zero attached hydrogens (tertiary/aromatic N) is 2. The number of hydrogen-bond acceptors (Lipinski definition) is 5. The van der Waals surface area contributed by atoms with Gasteiger partial charge in [-0.15, -0.1) is 0 Å². The molecule has 0 N–H and O–H groups in total. The van der Waals surface area contributed by atoms with E-state index in [2.05, 4.69) is 11.9 Å². The zero-order valence-electron chi connectivity index (χ0n) is 20.4. The summed E-state index contributed by atoms with van der Waals surface area (Å²) < 4.78 is 12.2. The summed E-state index contributed by atoms with van der Waals surface area (Å²) in [5, 5.41) is 12.7. The van der Waals surface area contributed by atoms with Crippen LogP contribution >= 0.6 is 0 Å². The van der Waals surface area contributed by atoms with Gasteiger partial charge < -0.3 is 19.6 Å². The van der Waals surface area contributed by atoms with Crippen LogP contribution in [0, 0.1) is 5.21 Å². The zero-order chi connectivity index (χ0) is 24.1. The van der Waals surface area contributed by atoms with E-state index >= 15 is 0 Å². The first kappa shape index (κ1) is 24.0. The summed E-state index contributed by atoms with van der Waals surface area (Å²) in [6.07, 6.45) is 6.47. The normalized spacial score (nSPS) is 17.6. The molecule has 0 bridgehead atoms. The molecule has 2 aromatic rings. The van der Waals surface area contributed by atoms with Gasteiger partial charge in [-0.1, -0.05) is 49.6 Å². The van der Waals surface area contributed by atoms with E-state index in [1.54, 1.807) is 6.92 Å². The molecule has 0 aliphatic heterocycles. The van der Waals surface area contributed by atoms with E-state index < -0.39 is 5.97 Å². The topological polar surface area (TPSA) is 64.8 Å². The largest absolute Gasteiger partial charge is 0.624 e. The Balaban J connectivity index is 1.61. The van der Waals surface area contributed by atoms with Gasteiger partial charge in [-0.2, -0.15) is 0 Å². The fourth-order valence-electron chi connectivity index (χ4n) is 5.06. The summed E-state index contributed by atoms with van der Waals surface area (Å²) in [7, 11) is 3.58. The molecular weight excluding hydrogens is 428 g/mol. The van der Waals surface area contributed by atoms with Gasteiger partial charge in [0.05, 0.1) is 12.2 Å². The molecule has 0 amide bonds. The van der Waals surface area contributed by atoms with Crippen LogP contribution < -0.4 is 4.74 Å². The highest BCUT2D eigenvalue weighted by atomic mass is 16.5. The molecule has 0 atom stereocenters. The molecule has 0 radical (unpaired) electrons. The molecule has 2 aliphatic carbocycles. The van der Waals surface area contributed by atoms with Crippen LogP contribution in [0.2, 0.25) is 0 Å². The number of esters is 1. The number of rotatable bonds is 8. The maximum Gasteiger partial charge on any atom is 0.345 e. The number of benzene rings is 2. The molecule has 0 unspecified atom stereocenters. The average molecular weight is 463 g/mol. The first-order valence-electron chi connectivity index (χ1n) is 12.2. The Kier molecular flexibility index (Phi) is 7.68. The van der Waals surface area contributed by atoms with Crippen LogP contribution in [-0.2, 0) is 9.53 Å². The number of fused-ring (bicyclic) bond motifs is 1. The Morgan fingerprint density at radius 3 is 2.50 bits per heavy atom. The van der Waals surface area contributed by atoms with Crippen molar-refractivity contribution < 1.29 is 19.0 Å². The molecule has 2 aliphatic rings. The first-order valence-corrected chi connectivity index (χ1v) is 12.2. The van der Waals surface area contributed by atoms with E-state index in [0.717, 1.165) is 28.0 Å². The van der Waals surface area contributed by atoms with E-state index in [4.69, 9.17) is 9.47 Å². The van der Waals surface area contributed by atoms with Crippen molar-refractivity contribution in [3.8, 4) is 5.75 Å². The zero-order valence-corrected chi connectivity index (χ0v) is 20.4. The predicted molar refractivity (Wildman–Crippen MR) is 134 cm³/mol. The maximum atomic E-state index is 13.0. The molecule has 1 saturated carbocycles. The molecule has 0 aromatic heterocycles. The number of hydroxylamine groups is 1. The monoisotopic (exact) mass is 462 g/mol. The van der Waals surface area contributed by atoms with Crippen LogP contribution in [0.3, 0.4) is 0 Å². The summed E-state index contributed by atoms with van der Waals surface area (Å²) in [6, 6.07) is 16.0. The number of likely N-dealkylation sites (N-methyl/N-ethyl adjacent to an activating group) is 1. The van der Waals surface area contributed by atoms with Gasteiger partial charge in [0, 0.05) is 18.2 Å². The van der Waals surface area contributed by atoms with E-state index in [1.165, 1.54) is 39.2 Å². The SMILES string of the molecule is CCOC(=O)C1=C(c2ccccc2)c2ccc(OCCN(C)C3CCCCC3)cc2/C1=[N+](/C)[O-]. The highest BCUT2D eigenvalue weighted by Crippen LogP contribution is 2.40. The van der Waals surface area contributed by atoms with Gasteiger partial charge in [-0.3, -0.25) is 0 Å². The van der Waals surface area contributed by atoms with Crippen LogP contribution in [0.15, 0.2) is 54.1 Å². The van der Waals surface area contributed by atoms with Gasteiger partial charge in [-0.25, -0.2) is 9.53 Å². The molecule has 2 aromatic carbocycles. The quantitative estimate of drug-likeness (QED) is 0.248. The highest BCUT2D eigenvalue weighted by Gasteiger charge is 2.39. The van der Waals surface area contributed by atoms with Crippen LogP contribution in [-0.4, -0.2) is 61.2 Å². The number of carbonyl (C=O) groups is 1. The molecule has 180 valence electrons. The van der Waals surface area contributed by atoms with Crippen molar-refractivity contribution in [3.05, 3.63) is 76.0 Å². The Morgan fingerprint density at radius 2 is 1.82 bits per heavy atom. The molecule has 1 fully saturated rings. The summed E-state index contributed by atoms with van der Waals surface area (Å²) in [6.45, 7) is 3.42. The van der Waals surface area contributed by atoms with Crippen LogP contribution in [0.1, 0.15) is 55.7 Å². The number of ether oxygens (including phenoxy) is 2. The van der Waals surface area contributed by atoms with Crippen molar-refractivity contribution in [2.75, 3.05) is 33.9 Å². The summed E-state index contributed by atoms with van der Waals surface area (Å²) in [5.41, 5.74) is 3.73. The van der Waals surface area contributed by atoms with Crippen molar-refractivity contribution in [2.24, 2.45) is 0 Å². The Bertz CT molecular complexity index is 1080.